The first-order valence-corrected chi connectivity index (χ1v) is 6.51. The molecule has 2 heteroatoms. The maximum absolute atomic E-state index is 10.1. The molecule has 1 aromatic carbocycles. The minimum atomic E-state index is -0.412. The van der Waals surface area contributed by atoms with Crippen molar-refractivity contribution < 1.29 is 9.84 Å². The number of aliphatic hydroxyl groups excluding tert-OH is 1. The first-order chi connectivity index (χ1) is 8.20. The molecule has 1 aromatic rings. The van der Waals surface area contributed by atoms with E-state index in [0.29, 0.717) is 6.42 Å². The molecule has 1 N–H and O–H groups in total. The van der Waals surface area contributed by atoms with Crippen LogP contribution in [0.2, 0.25) is 0 Å². The van der Waals surface area contributed by atoms with E-state index in [9.17, 15) is 5.11 Å². The Morgan fingerprint density at radius 3 is 2.76 bits per heavy atom. The molecule has 1 fully saturated rings. The lowest BCUT2D eigenvalue weighted by atomic mass is 9.79. The van der Waals surface area contributed by atoms with Gasteiger partial charge in [0.25, 0.3) is 0 Å². The summed E-state index contributed by atoms with van der Waals surface area (Å²) in [7, 11) is 1.68. The number of hydrogen-bond acceptors (Lipinski definition) is 2. The number of ether oxygens (including phenoxy) is 1. The standard InChI is InChI=1S/C15H22O2/c1-11(17-2)9-15(16)14-8-4-7-13(10-14)12-5-3-6-12/h4,7-8,10-12,15-16H,3,5-6,9H2,1-2H3. The maximum atomic E-state index is 10.1. The summed E-state index contributed by atoms with van der Waals surface area (Å²) in [6.45, 7) is 1.99. The van der Waals surface area contributed by atoms with Crippen molar-refractivity contribution in [2.24, 2.45) is 0 Å². The van der Waals surface area contributed by atoms with Gasteiger partial charge in [0, 0.05) is 13.5 Å². The summed E-state index contributed by atoms with van der Waals surface area (Å²) in [6.07, 6.45) is 4.28. The van der Waals surface area contributed by atoms with Gasteiger partial charge >= 0.3 is 0 Å². The van der Waals surface area contributed by atoms with Gasteiger partial charge < -0.3 is 9.84 Å². The summed E-state index contributed by atoms with van der Waals surface area (Å²) >= 11 is 0. The van der Waals surface area contributed by atoms with Crippen molar-refractivity contribution in [1.29, 1.82) is 0 Å². The molecule has 2 unspecified atom stereocenters. The lowest BCUT2D eigenvalue weighted by Gasteiger charge is -2.26. The van der Waals surface area contributed by atoms with Crippen LogP contribution in [-0.4, -0.2) is 18.3 Å². The van der Waals surface area contributed by atoms with E-state index in [-0.39, 0.29) is 6.10 Å². The van der Waals surface area contributed by atoms with Gasteiger partial charge in [-0.3, -0.25) is 0 Å². The van der Waals surface area contributed by atoms with E-state index in [0.717, 1.165) is 11.5 Å². The molecule has 1 aliphatic carbocycles. The molecular weight excluding hydrogens is 212 g/mol. The van der Waals surface area contributed by atoms with E-state index in [2.05, 4.69) is 18.2 Å². The summed E-state index contributed by atoms with van der Waals surface area (Å²) < 4.78 is 5.19. The van der Waals surface area contributed by atoms with Gasteiger partial charge in [0.05, 0.1) is 12.2 Å². The molecule has 0 saturated heterocycles. The monoisotopic (exact) mass is 234 g/mol. The average Bonchev–Trinajstić information content (AvgIpc) is 2.27. The predicted molar refractivity (Wildman–Crippen MR) is 69.1 cm³/mol. The third-order valence-corrected chi connectivity index (χ3v) is 3.83. The number of aliphatic hydroxyl groups is 1. The van der Waals surface area contributed by atoms with Crippen LogP contribution < -0.4 is 0 Å². The third-order valence-electron chi connectivity index (χ3n) is 3.83. The molecule has 2 rings (SSSR count). The van der Waals surface area contributed by atoms with Gasteiger partial charge in [-0.25, -0.2) is 0 Å². The zero-order chi connectivity index (χ0) is 12.3. The zero-order valence-electron chi connectivity index (χ0n) is 10.7. The second-order valence-corrected chi connectivity index (χ2v) is 5.10. The molecule has 2 nitrogen and oxygen atoms in total. The molecule has 1 saturated carbocycles. The van der Waals surface area contributed by atoms with E-state index in [4.69, 9.17) is 4.74 Å². The molecule has 0 aliphatic heterocycles. The highest BCUT2D eigenvalue weighted by Gasteiger charge is 2.20. The molecule has 0 radical (unpaired) electrons. The second kappa shape index (κ2) is 5.65. The van der Waals surface area contributed by atoms with Crippen molar-refractivity contribution in [2.75, 3.05) is 7.11 Å². The Balaban J connectivity index is 2.04. The van der Waals surface area contributed by atoms with Crippen LogP contribution in [0.3, 0.4) is 0 Å². The lowest BCUT2D eigenvalue weighted by Crippen LogP contribution is -2.12. The normalized spacial score (nSPS) is 19.7. The Morgan fingerprint density at radius 1 is 1.41 bits per heavy atom. The fraction of sp³-hybridized carbons (Fsp3) is 0.600. The van der Waals surface area contributed by atoms with Crippen LogP contribution >= 0.6 is 0 Å². The van der Waals surface area contributed by atoms with Gasteiger partial charge in [-0.05, 0) is 36.8 Å². The molecule has 0 spiro atoms. The average molecular weight is 234 g/mol. The Kier molecular flexibility index (Phi) is 4.19. The fourth-order valence-corrected chi connectivity index (χ4v) is 2.31. The number of hydrogen-bond donors (Lipinski definition) is 1. The van der Waals surface area contributed by atoms with Crippen LogP contribution in [0.15, 0.2) is 24.3 Å². The van der Waals surface area contributed by atoms with Gasteiger partial charge in [0.1, 0.15) is 0 Å². The van der Waals surface area contributed by atoms with Crippen molar-refractivity contribution in [3.05, 3.63) is 35.4 Å². The summed E-state index contributed by atoms with van der Waals surface area (Å²) in [5, 5.41) is 10.1. The van der Waals surface area contributed by atoms with Gasteiger partial charge in [-0.2, -0.15) is 0 Å². The second-order valence-electron chi connectivity index (χ2n) is 5.10. The van der Waals surface area contributed by atoms with Crippen LogP contribution in [0, 0.1) is 0 Å². The topological polar surface area (TPSA) is 29.5 Å². The minimum absolute atomic E-state index is 0.0948. The van der Waals surface area contributed by atoms with Crippen molar-refractivity contribution in [1.82, 2.24) is 0 Å². The van der Waals surface area contributed by atoms with Crippen LogP contribution in [0.5, 0.6) is 0 Å². The van der Waals surface area contributed by atoms with Gasteiger partial charge in [-0.15, -0.1) is 0 Å². The largest absolute Gasteiger partial charge is 0.388 e. The van der Waals surface area contributed by atoms with Crippen LogP contribution in [0.4, 0.5) is 0 Å². The lowest BCUT2D eigenvalue weighted by molar-refractivity contribution is 0.0559. The smallest absolute Gasteiger partial charge is 0.0814 e. The SMILES string of the molecule is COC(C)CC(O)c1cccc(C2CCC2)c1. The van der Waals surface area contributed by atoms with Gasteiger partial charge in [0.2, 0.25) is 0 Å². The fourth-order valence-electron chi connectivity index (χ4n) is 2.31. The highest BCUT2D eigenvalue weighted by atomic mass is 16.5. The first-order valence-electron chi connectivity index (χ1n) is 6.51. The Bertz CT molecular complexity index is 358. The summed E-state index contributed by atoms with van der Waals surface area (Å²) in [6, 6.07) is 8.41. The molecule has 0 heterocycles. The number of rotatable bonds is 5. The molecule has 0 bridgehead atoms. The summed E-state index contributed by atoms with van der Waals surface area (Å²) in [5.74, 6) is 0.724. The minimum Gasteiger partial charge on any atom is -0.388 e. The maximum Gasteiger partial charge on any atom is 0.0814 e. The van der Waals surface area contributed by atoms with Gasteiger partial charge in [0.15, 0.2) is 0 Å². The molecular formula is C15H22O2. The van der Waals surface area contributed by atoms with Crippen LogP contribution in [0.25, 0.3) is 0 Å². The zero-order valence-corrected chi connectivity index (χ0v) is 10.7. The third kappa shape index (κ3) is 3.08. The Labute approximate surface area is 104 Å². The Hall–Kier alpha value is -0.860. The van der Waals surface area contributed by atoms with E-state index in [1.54, 1.807) is 7.11 Å². The molecule has 0 amide bonds. The van der Waals surface area contributed by atoms with E-state index in [1.165, 1.54) is 24.8 Å². The number of benzene rings is 1. The van der Waals surface area contributed by atoms with Gasteiger partial charge in [-0.1, -0.05) is 30.7 Å². The van der Waals surface area contributed by atoms with Crippen molar-refractivity contribution in [3.8, 4) is 0 Å². The van der Waals surface area contributed by atoms with E-state index < -0.39 is 6.10 Å². The molecule has 17 heavy (non-hydrogen) atoms. The summed E-state index contributed by atoms with van der Waals surface area (Å²) in [4.78, 5) is 0. The molecule has 1 aliphatic rings. The van der Waals surface area contributed by atoms with Crippen molar-refractivity contribution in [2.45, 2.75) is 50.7 Å². The van der Waals surface area contributed by atoms with Crippen LogP contribution in [0.1, 0.15) is 55.8 Å². The van der Waals surface area contributed by atoms with E-state index >= 15 is 0 Å². The first kappa shape index (κ1) is 12.6. The van der Waals surface area contributed by atoms with E-state index in [1.807, 2.05) is 13.0 Å². The van der Waals surface area contributed by atoms with Crippen molar-refractivity contribution >= 4 is 0 Å². The molecule has 94 valence electrons. The Morgan fingerprint density at radius 2 is 2.18 bits per heavy atom. The number of methoxy groups -OCH3 is 1. The highest BCUT2D eigenvalue weighted by molar-refractivity contribution is 5.29. The van der Waals surface area contributed by atoms with Crippen molar-refractivity contribution in [3.63, 3.8) is 0 Å². The highest BCUT2D eigenvalue weighted by Crippen LogP contribution is 2.37. The quantitative estimate of drug-likeness (QED) is 0.846. The summed E-state index contributed by atoms with van der Waals surface area (Å²) in [5.41, 5.74) is 2.41. The van der Waals surface area contributed by atoms with Crippen LogP contribution in [-0.2, 0) is 4.74 Å². The predicted octanol–water partition coefficient (Wildman–Crippen LogP) is 3.41. The molecule has 2 atom stereocenters. The molecule has 0 aromatic heterocycles.